The van der Waals surface area contributed by atoms with Gasteiger partial charge >= 0.3 is 6.09 Å². The van der Waals surface area contributed by atoms with Gasteiger partial charge in [-0.2, -0.15) is 0 Å². The van der Waals surface area contributed by atoms with Gasteiger partial charge in [-0.25, -0.2) is 4.79 Å². The van der Waals surface area contributed by atoms with Crippen molar-refractivity contribution < 1.29 is 9.53 Å². The summed E-state index contributed by atoms with van der Waals surface area (Å²) in [7, 11) is 3.99. The van der Waals surface area contributed by atoms with E-state index in [0.29, 0.717) is 19.1 Å². The smallest absolute Gasteiger partial charge is 0.409 e. The maximum atomic E-state index is 11.4. The van der Waals surface area contributed by atoms with Crippen LogP contribution in [-0.4, -0.2) is 62.8 Å². The molecule has 0 spiro atoms. The molecule has 0 aromatic rings. The molecule has 1 heterocycles. The normalized spacial score (nSPS) is 22.0. The average Bonchev–Trinajstić information content (AvgIpc) is 2.19. The van der Waals surface area contributed by atoms with Crippen molar-refractivity contribution in [3.63, 3.8) is 0 Å². The third-order valence-electron chi connectivity index (χ3n) is 2.57. The third-order valence-corrected chi connectivity index (χ3v) is 2.57. The summed E-state index contributed by atoms with van der Waals surface area (Å²) in [6.07, 6.45) is 0.733. The van der Waals surface area contributed by atoms with Gasteiger partial charge in [-0.15, -0.1) is 0 Å². The van der Waals surface area contributed by atoms with Crippen molar-refractivity contribution in [3.8, 4) is 0 Å². The van der Waals surface area contributed by atoms with E-state index in [-0.39, 0.29) is 6.09 Å². The summed E-state index contributed by atoms with van der Waals surface area (Å²) in [5.41, 5.74) is 5.49. The number of amides is 1. The number of carbonyl (C=O) groups excluding carboxylic acids is 1. The molecule has 0 aliphatic carbocycles. The topological polar surface area (TPSA) is 58.8 Å². The summed E-state index contributed by atoms with van der Waals surface area (Å²) < 4.78 is 5.10. The standard InChI is InChI=1S/C10H21N3O2/c1-12(2)5-6-13-7-9(3-4-11)8-15-10(13)14/h9H,3-8,11H2,1-2H3. The highest BCUT2D eigenvalue weighted by atomic mass is 16.6. The van der Waals surface area contributed by atoms with Gasteiger partial charge in [-0.1, -0.05) is 0 Å². The molecule has 15 heavy (non-hydrogen) atoms. The number of hydrogen-bond donors (Lipinski definition) is 1. The van der Waals surface area contributed by atoms with Gasteiger partial charge in [0.1, 0.15) is 0 Å². The SMILES string of the molecule is CN(C)CCN1CC(CCN)COC1=O. The minimum Gasteiger partial charge on any atom is -0.449 e. The Morgan fingerprint density at radius 3 is 2.93 bits per heavy atom. The fourth-order valence-electron chi connectivity index (χ4n) is 1.63. The number of ether oxygens (including phenoxy) is 1. The largest absolute Gasteiger partial charge is 0.449 e. The van der Waals surface area contributed by atoms with Gasteiger partial charge in [-0.3, -0.25) is 0 Å². The van der Waals surface area contributed by atoms with Crippen LogP contribution in [-0.2, 0) is 4.74 Å². The molecule has 1 aliphatic heterocycles. The van der Waals surface area contributed by atoms with E-state index in [9.17, 15) is 4.79 Å². The third kappa shape index (κ3) is 4.05. The monoisotopic (exact) mass is 215 g/mol. The minimum atomic E-state index is -0.190. The maximum absolute atomic E-state index is 11.4. The van der Waals surface area contributed by atoms with Crippen molar-refractivity contribution in [2.24, 2.45) is 11.7 Å². The molecular weight excluding hydrogens is 194 g/mol. The molecule has 0 saturated carbocycles. The van der Waals surface area contributed by atoms with Gasteiger partial charge in [0.25, 0.3) is 0 Å². The van der Waals surface area contributed by atoms with Crippen LogP contribution in [0.5, 0.6) is 0 Å². The summed E-state index contributed by atoms with van der Waals surface area (Å²) in [5.74, 6) is 0.398. The van der Waals surface area contributed by atoms with E-state index < -0.39 is 0 Å². The molecule has 0 radical (unpaired) electrons. The molecule has 0 bridgehead atoms. The van der Waals surface area contributed by atoms with E-state index in [0.717, 1.165) is 26.1 Å². The van der Waals surface area contributed by atoms with Crippen LogP contribution in [0.4, 0.5) is 4.79 Å². The first-order chi connectivity index (χ1) is 7.13. The van der Waals surface area contributed by atoms with Crippen LogP contribution >= 0.6 is 0 Å². The number of hydrogen-bond acceptors (Lipinski definition) is 4. The molecule has 1 rings (SSSR count). The zero-order chi connectivity index (χ0) is 11.3. The van der Waals surface area contributed by atoms with Crippen LogP contribution < -0.4 is 5.73 Å². The van der Waals surface area contributed by atoms with Crippen LogP contribution in [0, 0.1) is 5.92 Å². The summed E-state index contributed by atoms with van der Waals surface area (Å²) in [4.78, 5) is 15.2. The van der Waals surface area contributed by atoms with Crippen LogP contribution in [0.1, 0.15) is 6.42 Å². The van der Waals surface area contributed by atoms with E-state index in [4.69, 9.17) is 10.5 Å². The second kappa shape index (κ2) is 5.92. The molecular formula is C10H21N3O2. The highest BCUT2D eigenvalue weighted by Gasteiger charge is 2.26. The molecule has 5 heteroatoms. The average molecular weight is 215 g/mol. The lowest BCUT2D eigenvalue weighted by atomic mass is 10.1. The second-order valence-corrected chi connectivity index (χ2v) is 4.27. The van der Waals surface area contributed by atoms with Crippen molar-refractivity contribution >= 4 is 6.09 Å². The van der Waals surface area contributed by atoms with Crippen molar-refractivity contribution in [1.82, 2.24) is 9.80 Å². The fraction of sp³-hybridized carbons (Fsp3) is 0.900. The number of cyclic esters (lactones) is 1. The first-order valence-electron chi connectivity index (χ1n) is 5.40. The molecule has 1 aliphatic rings. The first kappa shape index (κ1) is 12.3. The van der Waals surface area contributed by atoms with Gasteiger partial charge in [0.2, 0.25) is 0 Å². The molecule has 2 N–H and O–H groups in total. The van der Waals surface area contributed by atoms with Crippen molar-refractivity contribution in [1.29, 1.82) is 0 Å². The Bertz CT molecular complexity index is 209. The summed E-state index contributed by atoms with van der Waals surface area (Å²) in [5, 5.41) is 0. The van der Waals surface area contributed by atoms with Gasteiger partial charge < -0.3 is 20.3 Å². The van der Waals surface area contributed by atoms with E-state index >= 15 is 0 Å². The maximum Gasteiger partial charge on any atom is 0.409 e. The van der Waals surface area contributed by atoms with Gasteiger partial charge in [-0.05, 0) is 27.1 Å². The Hall–Kier alpha value is -0.810. The molecule has 1 fully saturated rings. The second-order valence-electron chi connectivity index (χ2n) is 4.27. The molecule has 0 aromatic carbocycles. The van der Waals surface area contributed by atoms with Gasteiger partial charge in [0.05, 0.1) is 6.61 Å². The quantitative estimate of drug-likeness (QED) is 0.699. The van der Waals surface area contributed by atoms with E-state index in [2.05, 4.69) is 4.90 Å². The van der Waals surface area contributed by atoms with E-state index in [1.54, 1.807) is 4.90 Å². The van der Waals surface area contributed by atoms with E-state index in [1.165, 1.54) is 0 Å². The lowest BCUT2D eigenvalue weighted by molar-refractivity contribution is 0.0394. The van der Waals surface area contributed by atoms with Crippen LogP contribution in [0.2, 0.25) is 0 Å². The Balaban J connectivity index is 2.36. The van der Waals surface area contributed by atoms with Crippen molar-refractivity contribution in [2.45, 2.75) is 6.42 Å². The summed E-state index contributed by atoms with van der Waals surface area (Å²) in [6, 6.07) is 0. The molecule has 88 valence electrons. The van der Waals surface area contributed by atoms with Crippen LogP contribution in [0.3, 0.4) is 0 Å². The molecule has 1 atom stereocenters. The number of nitrogens with zero attached hydrogens (tertiary/aromatic N) is 2. The molecule has 1 saturated heterocycles. The molecule has 1 amide bonds. The highest BCUT2D eigenvalue weighted by molar-refractivity contribution is 5.68. The zero-order valence-electron chi connectivity index (χ0n) is 9.61. The predicted molar refractivity (Wildman–Crippen MR) is 58.6 cm³/mol. The zero-order valence-corrected chi connectivity index (χ0v) is 9.61. The minimum absolute atomic E-state index is 0.190. The number of likely N-dealkylation sites (N-methyl/N-ethyl adjacent to an activating group) is 1. The molecule has 1 unspecified atom stereocenters. The summed E-state index contributed by atoms with van der Waals surface area (Å²) in [6.45, 7) is 3.56. The molecule has 0 aromatic heterocycles. The first-order valence-corrected chi connectivity index (χ1v) is 5.40. The van der Waals surface area contributed by atoms with E-state index in [1.807, 2.05) is 14.1 Å². The van der Waals surface area contributed by atoms with Crippen LogP contribution in [0.15, 0.2) is 0 Å². The Morgan fingerprint density at radius 1 is 1.60 bits per heavy atom. The summed E-state index contributed by atoms with van der Waals surface area (Å²) >= 11 is 0. The molecule has 5 nitrogen and oxygen atoms in total. The van der Waals surface area contributed by atoms with Gasteiger partial charge in [0, 0.05) is 25.6 Å². The fourth-order valence-corrected chi connectivity index (χ4v) is 1.63. The number of carbonyl (C=O) groups is 1. The van der Waals surface area contributed by atoms with Gasteiger partial charge in [0.15, 0.2) is 0 Å². The van der Waals surface area contributed by atoms with Crippen molar-refractivity contribution in [2.75, 3.05) is 46.9 Å². The highest BCUT2D eigenvalue weighted by Crippen LogP contribution is 2.13. The lowest BCUT2D eigenvalue weighted by Gasteiger charge is -2.32. The van der Waals surface area contributed by atoms with Crippen LogP contribution in [0.25, 0.3) is 0 Å². The van der Waals surface area contributed by atoms with Crippen molar-refractivity contribution in [3.05, 3.63) is 0 Å². The lowest BCUT2D eigenvalue weighted by Crippen LogP contribution is -2.46. The number of rotatable bonds is 5. The Kier molecular flexibility index (Phi) is 4.84. The Labute approximate surface area is 91.2 Å². The number of nitrogens with two attached hydrogens (primary N) is 1. The predicted octanol–water partition coefficient (Wildman–Crippen LogP) is -0.0348. The Morgan fingerprint density at radius 2 is 2.33 bits per heavy atom.